The van der Waals surface area contributed by atoms with Gasteiger partial charge in [-0.15, -0.1) is 0 Å². The second-order valence-electron chi connectivity index (χ2n) is 7.39. The predicted octanol–water partition coefficient (Wildman–Crippen LogP) is 5.11. The molecule has 1 amide bonds. The van der Waals surface area contributed by atoms with Gasteiger partial charge in [-0.3, -0.25) is 9.52 Å². The van der Waals surface area contributed by atoms with Crippen LogP contribution in [0.25, 0.3) is 11.0 Å². The van der Waals surface area contributed by atoms with Crippen molar-refractivity contribution >= 4 is 38.3 Å². The normalized spacial score (nSPS) is 11.3. The van der Waals surface area contributed by atoms with Crippen LogP contribution in [0.15, 0.2) is 76.0 Å². The molecular weight excluding hydrogens is 428 g/mol. The average molecular weight is 451 g/mol. The van der Waals surface area contributed by atoms with Gasteiger partial charge in [-0.2, -0.15) is 0 Å². The van der Waals surface area contributed by atoms with E-state index in [1.807, 2.05) is 38.1 Å². The number of hydrogen-bond donors (Lipinski definition) is 2. The summed E-state index contributed by atoms with van der Waals surface area (Å²) < 4.78 is 39.0. The lowest BCUT2D eigenvalue weighted by Gasteiger charge is -2.12. The minimum absolute atomic E-state index is 0.0879. The second kappa shape index (κ2) is 8.39. The van der Waals surface area contributed by atoms with E-state index in [9.17, 15) is 13.2 Å². The Labute approximate surface area is 186 Å². The molecule has 4 aromatic rings. The molecule has 2 N–H and O–H groups in total. The maximum Gasteiger partial charge on any atom is 0.291 e. The smallest absolute Gasteiger partial charge is 0.291 e. The van der Waals surface area contributed by atoms with Gasteiger partial charge in [0.25, 0.3) is 15.9 Å². The summed E-state index contributed by atoms with van der Waals surface area (Å²) in [4.78, 5) is 12.7. The van der Waals surface area contributed by atoms with Gasteiger partial charge in [0.2, 0.25) is 0 Å². The lowest BCUT2D eigenvalue weighted by Crippen LogP contribution is -2.14. The molecule has 0 spiro atoms. The number of aryl methyl sites for hydroxylation is 2. The summed E-state index contributed by atoms with van der Waals surface area (Å²) in [5, 5.41) is 3.46. The van der Waals surface area contributed by atoms with Gasteiger partial charge in [-0.1, -0.05) is 24.3 Å². The highest BCUT2D eigenvalue weighted by molar-refractivity contribution is 7.92. The Morgan fingerprint density at radius 2 is 1.72 bits per heavy atom. The molecule has 1 heterocycles. The Morgan fingerprint density at radius 3 is 2.44 bits per heavy atom. The summed E-state index contributed by atoms with van der Waals surface area (Å²) in [5.74, 6) is 0.206. The molecule has 0 unspecified atom stereocenters. The minimum atomic E-state index is -3.77. The first-order chi connectivity index (χ1) is 15.3. The molecule has 0 bridgehead atoms. The van der Waals surface area contributed by atoms with Crippen molar-refractivity contribution in [1.29, 1.82) is 0 Å². The van der Waals surface area contributed by atoms with Crippen molar-refractivity contribution in [2.24, 2.45) is 0 Å². The summed E-state index contributed by atoms with van der Waals surface area (Å²) in [5.41, 5.74) is 3.23. The lowest BCUT2D eigenvalue weighted by molar-refractivity contribution is 0.0998. The van der Waals surface area contributed by atoms with Crippen LogP contribution in [0.2, 0.25) is 0 Å². The first-order valence-corrected chi connectivity index (χ1v) is 11.3. The molecule has 0 fully saturated rings. The lowest BCUT2D eigenvalue weighted by atomic mass is 10.1. The van der Waals surface area contributed by atoms with Gasteiger partial charge in [0.05, 0.1) is 17.7 Å². The monoisotopic (exact) mass is 450 g/mol. The van der Waals surface area contributed by atoms with E-state index < -0.39 is 15.9 Å². The number of amides is 1. The maximum absolute atomic E-state index is 12.8. The van der Waals surface area contributed by atoms with Gasteiger partial charge in [0.15, 0.2) is 17.1 Å². The fraction of sp³-hybridized carbons (Fsp3) is 0.125. The number of fused-ring (bicyclic) bond motifs is 1. The number of anilines is 2. The number of ether oxygens (including phenoxy) is 1. The van der Waals surface area contributed by atoms with Gasteiger partial charge < -0.3 is 14.5 Å². The van der Waals surface area contributed by atoms with Gasteiger partial charge in [0, 0.05) is 11.1 Å². The molecule has 0 aliphatic heterocycles. The summed E-state index contributed by atoms with van der Waals surface area (Å²) >= 11 is 0. The molecule has 8 heteroatoms. The van der Waals surface area contributed by atoms with E-state index in [0.29, 0.717) is 22.7 Å². The van der Waals surface area contributed by atoms with Crippen LogP contribution in [0, 0.1) is 13.8 Å². The highest BCUT2D eigenvalue weighted by atomic mass is 32.2. The highest BCUT2D eigenvalue weighted by Gasteiger charge is 2.17. The van der Waals surface area contributed by atoms with Gasteiger partial charge in [-0.05, 0) is 67.4 Å². The van der Waals surface area contributed by atoms with Crippen LogP contribution in [-0.4, -0.2) is 21.4 Å². The number of nitrogens with one attached hydrogen (secondary N) is 2. The Kier molecular flexibility index (Phi) is 5.63. The van der Waals surface area contributed by atoms with E-state index in [2.05, 4.69) is 10.0 Å². The Balaban J connectivity index is 1.51. The molecule has 0 radical (unpaired) electrons. The van der Waals surface area contributed by atoms with E-state index in [1.54, 1.807) is 18.2 Å². The molecule has 7 nitrogen and oxygen atoms in total. The third kappa shape index (κ3) is 4.31. The molecule has 0 atom stereocenters. The third-order valence-corrected chi connectivity index (χ3v) is 6.39. The first-order valence-electron chi connectivity index (χ1n) is 9.85. The van der Waals surface area contributed by atoms with Crippen molar-refractivity contribution < 1.29 is 22.4 Å². The Bertz CT molecular complexity index is 1410. The number of furan rings is 1. The van der Waals surface area contributed by atoms with Crippen LogP contribution in [0.4, 0.5) is 11.4 Å². The fourth-order valence-corrected chi connectivity index (χ4v) is 4.39. The number of carbonyl (C=O) groups is 1. The second-order valence-corrected chi connectivity index (χ2v) is 9.07. The van der Waals surface area contributed by atoms with Crippen molar-refractivity contribution in [2.45, 2.75) is 18.7 Å². The van der Waals surface area contributed by atoms with Crippen molar-refractivity contribution in [2.75, 3.05) is 17.1 Å². The number of rotatable bonds is 6. The molecule has 0 aliphatic carbocycles. The van der Waals surface area contributed by atoms with Crippen LogP contribution in [0.3, 0.4) is 0 Å². The van der Waals surface area contributed by atoms with Crippen LogP contribution in [-0.2, 0) is 10.0 Å². The molecule has 4 rings (SSSR count). The predicted molar refractivity (Wildman–Crippen MR) is 124 cm³/mol. The van der Waals surface area contributed by atoms with E-state index in [-0.39, 0.29) is 10.7 Å². The van der Waals surface area contributed by atoms with E-state index in [4.69, 9.17) is 9.15 Å². The van der Waals surface area contributed by atoms with E-state index in [0.717, 1.165) is 16.5 Å². The molecular formula is C24H22N2O5S. The molecule has 3 aromatic carbocycles. The quantitative estimate of drug-likeness (QED) is 0.425. The molecule has 164 valence electrons. The SMILES string of the molecule is COc1cccc2cc(C(=O)Nc3ccc(S(=O)(=O)Nc4cc(C)ccc4C)cc3)oc12. The number of benzene rings is 3. The number of carbonyl (C=O) groups excluding carboxylic acids is 1. The number of hydrogen-bond acceptors (Lipinski definition) is 5. The summed E-state index contributed by atoms with van der Waals surface area (Å²) in [7, 11) is -2.24. The molecule has 32 heavy (non-hydrogen) atoms. The zero-order chi connectivity index (χ0) is 22.9. The maximum atomic E-state index is 12.8. The summed E-state index contributed by atoms with van der Waals surface area (Å²) in [6.07, 6.45) is 0. The largest absolute Gasteiger partial charge is 0.493 e. The van der Waals surface area contributed by atoms with Crippen LogP contribution in [0.5, 0.6) is 5.75 Å². The zero-order valence-electron chi connectivity index (χ0n) is 17.8. The average Bonchev–Trinajstić information content (AvgIpc) is 3.21. The third-order valence-electron chi connectivity index (χ3n) is 5.01. The topological polar surface area (TPSA) is 97.6 Å². The number of para-hydroxylation sites is 1. The summed E-state index contributed by atoms with van der Waals surface area (Å²) in [6.45, 7) is 3.73. The molecule has 0 saturated carbocycles. The minimum Gasteiger partial charge on any atom is -0.493 e. The molecule has 1 aromatic heterocycles. The number of sulfonamides is 1. The van der Waals surface area contributed by atoms with Crippen molar-refractivity contribution in [3.05, 3.63) is 83.6 Å². The van der Waals surface area contributed by atoms with Crippen molar-refractivity contribution in [3.63, 3.8) is 0 Å². The standard InChI is InChI=1S/C24H22N2O5S/c1-15-7-8-16(2)20(13-15)26-32(28,29)19-11-9-18(10-12-19)25-24(27)22-14-17-5-4-6-21(30-3)23(17)31-22/h4-14,26H,1-3H3,(H,25,27). The van der Waals surface area contributed by atoms with Crippen molar-refractivity contribution in [3.8, 4) is 5.75 Å². The summed E-state index contributed by atoms with van der Waals surface area (Å²) in [6, 6.07) is 18.5. The van der Waals surface area contributed by atoms with Crippen LogP contribution < -0.4 is 14.8 Å². The van der Waals surface area contributed by atoms with Gasteiger partial charge >= 0.3 is 0 Å². The van der Waals surface area contributed by atoms with Gasteiger partial charge in [0.1, 0.15) is 0 Å². The Hall–Kier alpha value is -3.78. The molecule has 0 saturated heterocycles. The highest BCUT2D eigenvalue weighted by Crippen LogP contribution is 2.29. The van der Waals surface area contributed by atoms with Crippen molar-refractivity contribution in [1.82, 2.24) is 0 Å². The number of methoxy groups -OCH3 is 1. The first kappa shape index (κ1) is 21.5. The van der Waals surface area contributed by atoms with E-state index >= 15 is 0 Å². The fourth-order valence-electron chi connectivity index (χ4n) is 3.27. The zero-order valence-corrected chi connectivity index (χ0v) is 18.6. The molecule has 0 aliphatic rings. The van der Waals surface area contributed by atoms with Gasteiger partial charge in [-0.25, -0.2) is 8.42 Å². The van der Waals surface area contributed by atoms with Crippen LogP contribution in [0.1, 0.15) is 21.7 Å². The van der Waals surface area contributed by atoms with E-state index in [1.165, 1.54) is 31.4 Å². The van der Waals surface area contributed by atoms with Crippen LogP contribution >= 0.6 is 0 Å². The Morgan fingerprint density at radius 1 is 0.969 bits per heavy atom.